The highest BCUT2D eigenvalue weighted by atomic mass is 79.9. The van der Waals surface area contributed by atoms with Crippen molar-refractivity contribution in [2.75, 3.05) is 5.73 Å². The van der Waals surface area contributed by atoms with Crippen LogP contribution in [0.1, 0.15) is 0 Å². The first-order valence-corrected chi connectivity index (χ1v) is 7.73. The molecule has 0 aliphatic carbocycles. The van der Waals surface area contributed by atoms with Crippen LogP contribution in [0, 0.1) is 5.82 Å². The SMILES string of the molecule is Nc1cc(Br)c(F)cc1Oc1ccc2cc(Br)ccc2c1. The Morgan fingerprint density at radius 2 is 1.62 bits per heavy atom. The van der Waals surface area contributed by atoms with Gasteiger partial charge in [0.25, 0.3) is 0 Å². The van der Waals surface area contributed by atoms with Crippen LogP contribution >= 0.6 is 31.9 Å². The Morgan fingerprint density at radius 3 is 2.43 bits per heavy atom. The Bertz CT molecular complexity index is 836. The number of ether oxygens (including phenoxy) is 1. The van der Waals surface area contributed by atoms with E-state index in [2.05, 4.69) is 31.9 Å². The smallest absolute Gasteiger partial charge is 0.153 e. The lowest BCUT2D eigenvalue weighted by molar-refractivity contribution is 0.479. The van der Waals surface area contributed by atoms with Gasteiger partial charge in [-0.25, -0.2) is 4.39 Å². The second-order valence-corrected chi connectivity index (χ2v) is 6.33. The van der Waals surface area contributed by atoms with E-state index in [0.717, 1.165) is 15.2 Å². The van der Waals surface area contributed by atoms with Crippen molar-refractivity contribution in [3.05, 3.63) is 63.3 Å². The Labute approximate surface area is 138 Å². The maximum absolute atomic E-state index is 13.6. The lowest BCUT2D eigenvalue weighted by Gasteiger charge is -2.10. The van der Waals surface area contributed by atoms with E-state index in [-0.39, 0.29) is 0 Å². The average molecular weight is 411 g/mol. The summed E-state index contributed by atoms with van der Waals surface area (Å²) < 4.78 is 20.6. The molecule has 0 radical (unpaired) electrons. The van der Waals surface area contributed by atoms with Crippen molar-refractivity contribution in [2.24, 2.45) is 0 Å². The van der Waals surface area contributed by atoms with Crippen molar-refractivity contribution in [1.82, 2.24) is 0 Å². The van der Waals surface area contributed by atoms with Crippen LogP contribution in [-0.2, 0) is 0 Å². The van der Waals surface area contributed by atoms with E-state index in [4.69, 9.17) is 10.5 Å². The van der Waals surface area contributed by atoms with Crippen molar-refractivity contribution in [2.45, 2.75) is 0 Å². The van der Waals surface area contributed by atoms with Gasteiger partial charge in [-0.05, 0) is 57.0 Å². The first kappa shape index (κ1) is 14.4. The second-order valence-electron chi connectivity index (χ2n) is 4.56. The molecule has 106 valence electrons. The normalized spacial score (nSPS) is 10.8. The summed E-state index contributed by atoms with van der Waals surface area (Å²) in [7, 11) is 0. The fourth-order valence-corrected chi connectivity index (χ4v) is 2.76. The van der Waals surface area contributed by atoms with Gasteiger partial charge in [-0.2, -0.15) is 0 Å². The van der Waals surface area contributed by atoms with Gasteiger partial charge in [0.1, 0.15) is 11.6 Å². The molecule has 0 fully saturated rings. The maximum atomic E-state index is 13.6. The lowest BCUT2D eigenvalue weighted by Crippen LogP contribution is -1.94. The molecule has 0 amide bonds. The van der Waals surface area contributed by atoms with E-state index in [1.54, 1.807) is 0 Å². The highest BCUT2D eigenvalue weighted by Gasteiger charge is 2.08. The van der Waals surface area contributed by atoms with E-state index in [1.807, 2.05) is 36.4 Å². The van der Waals surface area contributed by atoms with Crippen LogP contribution in [0.5, 0.6) is 11.5 Å². The van der Waals surface area contributed by atoms with Gasteiger partial charge < -0.3 is 10.5 Å². The number of nitrogen functional groups attached to an aromatic ring is 1. The van der Waals surface area contributed by atoms with Gasteiger partial charge in [-0.3, -0.25) is 0 Å². The standard InChI is InChI=1S/C16H10Br2FNO/c17-11-3-1-10-6-12(4-2-9(10)5-11)21-16-8-14(19)13(18)7-15(16)20/h1-8H,20H2. The van der Waals surface area contributed by atoms with Gasteiger partial charge in [0.05, 0.1) is 10.2 Å². The summed E-state index contributed by atoms with van der Waals surface area (Å²) in [4.78, 5) is 0. The number of rotatable bonds is 2. The van der Waals surface area contributed by atoms with Gasteiger partial charge in [-0.1, -0.05) is 28.1 Å². The number of benzene rings is 3. The number of nitrogens with two attached hydrogens (primary N) is 1. The van der Waals surface area contributed by atoms with Crippen LogP contribution in [0.2, 0.25) is 0 Å². The Balaban J connectivity index is 1.98. The van der Waals surface area contributed by atoms with Gasteiger partial charge in [0, 0.05) is 10.5 Å². The molecule has 0 saturated heterocycles. The summed E-state index contributed by atoms with van der Waals surface area (Å²) in [6.45, 7) is 0. The number of hydrogen-bond acceptors (Lipinski definition) is 2. The third-order valence-electron chi connectivity index (χ3n) is 3.05. The Hall–Kier alpha value is -1.59. The number of fused-ring (bicyclic) bond motifs is 1. The van der Waals surface area contributed by atoms with Gasteiger partial charge in [-0.15, -0.1) is 0 Å². The molecular formula is C16H10Br2FNO. The molecule has 0 heterocycles. The number of anilines is 1. The molecule has 2 N–H and O–H groups in total. The Kier molecular flexibility index (Phi) is 3.87. The van der Waals surface area contributed by atoms with Crippen molar-refractivity contribution in [3.63, 3.8) is 0 Å². The number of halogens is 3. The monoisotopic (exact) mass is 409 g/mol. The summed E-state index contributed by atoms with van der Waals surface area (Å²) in [5, 5.41) is 2.12. The van der Waals surface area contributed by atoms with Crippen molar-refractivity contribution in [1.29, 1.82) is 0 Å². The summed E-state index contributed by atoms with van der Waals surface area (Å²) in [5.41, 5.74) is 6.22. The molecule has 0 unspecified atom stereocenters. The fraction of sp³-hybridized carbons (Fsp3) is 0. The summed E-state index contributed by atoms with van der Waals surface area (Å²) in [5.74, 6) is 0.495. The van der Waals surface area contributed by atoms with Gasteiger partial charge in [0.15, 0.2) is 5.75 Å². The largest absolute Gasteiger partial charge is 0.455 e. The van der Waals surface area contributed by atoms with Gasteiger partial charge in [0.2, 0.25) is 0 Å². The third kappa shape index (κ3) is 3.04. The minimum atomic E-state index is -0.413. The van der Waals surface area contributed by atoms with E-state index >= 15 is 0 Å². The first-order valence-electron chi connectivity index (χ1n) is 6.14. The molecule has 0 atom stereocenters. The van der Waals surface area contributed by atoms with E-state index in [9.17, 15) is 4.39 Å². The molecule has 0 saturated carbocycles. The summed E-state index contributed by atoms with van der Waals surface area (Å²) in [6.07, 6.45) is 0. The highest BCUT2D eigenvalue weighted by Crippen LogP contribution is 2.33. The zero-order chi connectivity index (χ0) is 15.0. The minimum Gasteiger partial charge on any atom is -0.455 e. The second kappa shape index (κ2) is 5.66. The molecular weight excluding hydrogens is 401 g/mol. The predicted molar refractivity (Wildman–Crippen MR) is 90.2 cm³/mol. The van der Waals surface area contributed by atoms with E-state index in [0.29, 0.717) is 21.7 Å². The molecule has 21 heavy (non-hydrogen) atoms. The lowest BCUT2D eigenvalue weighted by atomic mass is 10.1. The molecule has 0 spiro atoms. The van der Waals surface area contributed by atoms with Crippen LogP contribution < -0.4 is 10.5 Å². The molecule has 0 aliphatic rings. The first-order chi connectivity index (χ1) is 10.0. The molecule has 0 aliphatic heterocycles. The molecule has 3 aromatic rings. The Morgan fingerprint density at radius 1 is 0.905 bits per heavy atom. The summed E-state index contributed by atoms with van der Waals surface area (Å²) in [6, 6.07) is 14.4. The van der Waals surface area contributed by atoms with Crippen LogP contribution in [0.25, 0.3) is 10.8 Å². The van der Waals surface area contributed by atoms with E-state index < -0.39 is 5.82 Å². The van der Waals surface area contributed by atoms with Crippen molar-refractivity contribution in [3.8, 4) is 11.5 Å². The van der Waals surface area contributed by atoms with Crippen LogP contribution in [0.3, 0.4) is 0 Å². The topological polar surface area (TPSA) is 35.2 Å². The van der Waals surface area contributed by atoms with E-state index in [1.165, 1.54) is 12.1 Å². The fourth-order valence-electron chi connectivity index (χ4n) is 2.02. The van der Waals surface area contributed by atoms with Gasteiger partial charge >= 0.3 is 0 Å². The third-order valence-corrected chi connectivity index (χ3v) is 4.16. The number of hydrogen-bond donors (Lipinski definition) is 1. The zero-order valence-electron chi connectivity index (χ0n) is 10.7. The molecule has 2 nitrogen and oxygen atoms in total. The molecule has 0 aromatic heterocycles. The molecule has 5 heteroatoms. The minimum absolute atomic E-state index is 0.298. The van der Waals surface area contributed by atoms with Crippen LogP contribution in [0.4, 0.5) is 10.1 Å². The van der Waals surface area contributed by atoms with Crippen molar-refractivity contribution >= 4 is 48.3 Å². The zero-order valence-corrected chi connectivity index (χ0v) is 13.9. The molecule has 3 aromatic carbocycles. The maximum Gasteiger partial charge on any atom is 0.153 e. The quantitative estimate of drug-likeness (QED) is 0.535. The molecule has 0 bridgehead atoms. The van der Waals surface area contributed by atoms with Crippen molar-refractivity contribution < 1.29 is 9.13 Å². The average Bonchev–Trinajstić information content (AvgIpc) is 2.45. The molecule has 3 rings (SSSR count). The summed E-state index contributed by atoms with van der Waals surface area (Å²) >= 11 is 6.52. The van der Waals surface area contributed by atoms with Crippen LogP contribution in [-0.4, -0.2) is 0 Å². The predicted octanol–water partition coefficient (Wildman–Crippen LogP) is 5.88. The highest BCUT2D eigenvalue weighted by molar-refractivity contribution is 9.10. The van der Waals surface area contributed by atoms with Crippen LogP contribution in [0.15, 0.2) is 57.5 Å².